The fourth-order valence-corrected chi connectivity index (χ4v) is 1.46. The van der Waals surface area contributed by atoms with Crippen molar-refractivity contribution < 1.29 is 13.2 Å². The second-order valence-electron chi connectivity index (χ2n) is 3.70. The summed E-state index contributed by atoms with van der Waals surface area (Å²) >= 11 is 0. The van der Waals surface area contributed by atoms with E-state index >= 15 is 0 Å². The molecule has 0 amide bonds. The first-order valence-electron chi connectivity index (χ1n) is 5.58. The van der Waals surface area contributed by atoms with Gasteiger partial charge in [-0.3, -0.25) is 0 Å². The van der Waals surface area contributed by atoms with E-state index < -0.39 is 17.5 Å². The van der Waals surface area contributed by atoms with E-state index in [1.165, 1.54) is 0 Å². The molecule has 4 nitrogen and oxygen atoms in total. The van der Waals surface area contributed by atoms with Crippen LogP contribution in [0.3, 0.4) is 0 Å². The maximum atomic E-state index is 13.5. The Morgan fingerprint density at radius 3 is 2.42 bits per heavy atom. The number of benzene rings is 1. The van der Waals surface area contributed by atoms with Crippen LogP contribution < -0.4 is 10.6 Å². The van der Waals surface area contributed by atoms with E-state index in [4.69, 9.17) is 0 Å². The molecule has 0 fully saturated rings. The van der Waals surface area contributed by atoms with Gasteiger partial charge in [-0.25, -0.2) is 18.2 Å². The van der Waals surface area contributed by atoms with Gasteiger partial charge in [0.2, 0.25) is 5.95 Å². The molecule has 0 aliphatic carbocycles. The number of nitrogens with zero attached hydrogens (tertiary/aromatic N) is 2. The summed E-state index contributed by atoms with van der Waals surface area (Å²) in [6.07, 6.45) is 0.975. The van der Waals surface area contributed by atoms with Crippen molar-refractivity contribution in [1.29, 1.82) is 0 Å². The molecule has 0 saturated carbocycles. The summed E-state index contributed by atoms with van der Waals surface area (Å²) in [4.78, 5) is 7.58. The Morgan fingerprint density at radius 2 is 1.79 bits per heavy atom. The molecule has 0 aliphatic heterocycles. The first-order chi connectivity index (χ1) is 9.08. The van der Waals surface area contributed by atoms with E-state index in [0.29, 0.717) is 6.54 Å². The molecule has 0 atom stereocenters. The van der Waals surface area contributed by atoms with Crippen LogP contribution in [0.1, 0.15) is 6.92 Å². The highest BCUT2D eigenvalue weighted by atomic mass is 19.1. The van der Waals surface area contributed by atoms with Crippen LogP contribution in [0.4, 0.5) is 30.6 Å². The quantitative estimate of drug-likeness (QED) is 0.894. The van der Waals surface area contributed by atoms with Crippen molar-refractivity contribution in [2.75, 3.05) is 17.2 Å². The molecule has 100 valence electrons. The molecule has 0 aliphatic rings. The molecule has 2 aromatic rings. The van der Waals surface area contributed by atoms with Crippen molar-refractivity contribution in [3.63, 3.8) is 0 Å². The highest BCUT2D eigenvalue weighted by molar-refractivity contribution is 5.57. The van der Waals surface area contributed by atoms with Gasteiger partial charge in [0, 0.05) is 18.3 Å². The third-order valence-electron chi connectivity index (χ3n) is 2.20. The maximum Gasteiger partial charge on any atom is 0.224 e. The zero-order valence-corrected chi connectivity index (χ0v) is 10.0. The Hall–Kier alpha value is -2.31. The lowest BCUT2D eigenvalue weighted by Gasteiger charge is -2.08. The van der Waals surface area contributed by atoms with E-state index in [1.54, 1.807) is 0 Å². The molecule has 2 N–H and O–H groups in total. The summed E-state index contributed by atoms with van der Waals surface area (Å²) in [6.45, 7) is 2.40. The van der Waals surface area contributed by atoms with Crippen molar-refractivity contribution >= 4 is 17.5 Å². The lowest BCUT2D eigenvalue weighted by Crippen LogP contribution is -2.06. The van der Waals surface area contributed by atoms with Gasteiger partial charge in [-0.1, -0.05) is 0 Å². The van der Waals surface area contributed by atoms with E-state index in [-0.39, 0.29) is 17.5 Å². The van der Waals surface area contributed by atoms with Crippen molar-refractivity contribution in [3.8, 4) is 0 Å². The molecular formula is C12H11F3N4. The van der Waals surface area contributed by atoms with Crippen molar-refractivity contribution in [2.45, 2.75) is 6.92 Å². The van der Waals surface area contributed by atoms with Gasteiger partial charge in [-0.2, -0.15) is 4.98 Å². The van der Waals surface area contributed by atoms with Crippen LogP contribution in [-0.4, -0.2) is 16.5 Å². The Morgan fingerprint density at radius 1 is 1.11 bits per heavy atom. The van der Waals surface area contributed by atoms with Crippen molar-refractivity contribution in [3.05, 3.63) is 41.8 Å². The number of rotatable bonds is 4. The number of aromatic nitrogens is 2. The summed E-state index contributed by atoms with van der Waals surface area (Å²) in [5.74, 6) is -2.17. The number of hydrogen-bond acceptors (Lipinski definition) is 4. The van der Waals surface area contributed by atoms with Gasteiger partial charge in [0.25, 0.3) is 0 Å². The highest BCUT2D eigenvalue weighted by Gasteiger charge is 2.08. The first-order valence-corrected chi connectivity index (χ1v) is 5.58. The molecule has 0 bridgehead atoms. The highest BCUT2D eigenvalue weighted by Crippen LogP contribution is 2.20. The molecule has 0 saturated heterocycles. The van der Waals surface area contributed by atoms with Gasteiger partial charge in [-0.05, 0) is 19.1 Å². The monoisotopic (exact) mass is 268 g/mol. The molecule has 7 heteroatoms. The fourth-order valence-electron chi connectivity index (χ4n) is 1.46. The molecule has 2 rings (SSSR count). The largest absolute Gasteiger partial charge is 0.354 e. The number of hydrogen-bond donors (Lipinski definition) is 2. The van der Waals surface area contributed by atoms with Crippen molar-refractivity contribution in [2.24, 2.45) is 0 Å². The van der Waals surface area contributed by atoms with Gasteiger partial charge in [0.05, 0.1) is 6.20 Å². The lowest BCUT2D eigenvalue weighted by atomic mass is 10.3. The van der Waals surface area contributed by atoms with Crippen LogP contribution in [0, 0.1) is 17.5 Å². The molecule has 0 spiro atoms. The molecule has 1 heterocycles. The SMILES string of the molecule is CCNc1ncc(F)c(Nc2cc(F)cc(F)c2)n1. The average Bonchev–Trinajstić information content (AvgIpc) is 2.32. The molecule has 0 radical (unpaired) electrons. The predicted molar refractivity (Wildman–Crippen MR) is 65.8 cm³/mol. The average molecular weight is 268 g/mol. The van der Waals surface area contributed by atoms with Crippen LogP contribution >= 0.6 is 0 Å². The zero-order valence-electron chi connectivity index (χ0n) is 10.0. The molecule has 19 heavy (non-hydrogen) atoms. The summed E-state index contributed by atoms with van der Waals surface area (Å²) < 4.78 is 39.5. The Balaban J connectivity index is 2.28. The van der Waals surface area contributed by atoms with Crippen LogP contribution in [0.25, 0.3) is 0 Å². The molecule has 0 unspecified atom stereocenters. The Labute approximate surface area is 107 Å². The molecule has 1 aromatic heterocycles. The summed E-state index contributed by atoms with van der Waals surface area (Å²) in [7, 11) is 0. The minimum absolute atomic E-state index is 0.0672. The third-order valence-corrected chi connectivity index (χ3v) is 2.20. The van der Waals surface area contributed by atoms with Gasteiger partial charge in [-0.15, -0.1) is 0 Å². The van der Waals surface area contributed by atoms with Gasteiger partial charge >= 0.3 is 0 Å². The van der Waals surface area contributed by atoms with Crippen LogP contribution in [0.2, 0.25) is 0 Å². The summed E-state index contributed by atoms with van der Waals surface area (Å²) in [5.41, 5.74) is 0.0672. The minimum Gasteiger partial charge on any atom is -0.354 e. The second-order valence-corrected chi connectivity index (χ2v) is 3.70. The van der Waals surface area contributed by atoms with Gasteiger partial charge in [0.15, 0.2) is 11.6 Å². The number of anilines is 3. The maximum absolute atomic E-state index is 13.5. The summed E-state index contributed by atoms with van der Waals surface area (Å²) in [6, 6.07) is 2.81. The normalized spacial score (nSPS) is 10.3. The molecular weight excluding hydrogens is 257 g/mol. The smallest absolute Gasteiger partial charge is 0.224 e. The van der Waals surface area contributed by atoms with E-state index in [0.717, 1.165) is 24.4 Å². The first kappa shape index (κ1) is 13.1. The second kappa shape index (κ2) is 5.55. The molecule has 1 aromatic carbocycles. The van der Waals surface area contributed by atoms with Crippen LogP contribution in [0.5, 0.6) is 0 Å². The van der Waals surface area contributed by atoms with E-state index in [2.05, 4.69) is 20.6 Å². The lowest BCUT2D eigenvalue weighted by molar-refractivity contribution is 0.584. The van der Waals surface area contributed by atoms with Crippen LogP contribution in [0.15, 0.2) is 24.4 Å². The Bertz CT molecular complexity index is 569. The van der Waals surface area contributed by atoms with Crippen molar-refractivity contribution in [1.82, 2.24) is 9.97 Å². The standard InChI is InChI=1S/C12H11F3N4/c1-2-16-12-17-6-10(15)11(19-12)18-9-4-7(13)3-8(14)5-9/h3-6H,2H2,1H3,(H2,16,17,18,19). The predicted octanol–water partition coefficient (Wildman–Crippen LogP) is 3.07. The zero-order chi connectivity index (χ0) is 13.8. The number of halogens is 3. The summed E-state index contributed by atoms with van der Waals surface area (Å²) in [5, 5.41) is 5.31. The Kier molecular flexibility index (Phi) is 3.84. The third kappa shape index (κ3) is 3.34. The van der Waals surface area contributed by atoms with Gasteiger partial charge < -0.3 is 10.6 Å². The van der Waals surface area contributed by atoms with E-state index in [1.807, 2.05) is 6.92 Å². The topological polar surface area (TPSA) is 49.8 Å². The number of nitrogens with one attached hydrogen (secondary N) is 2. The van der Waals surface area contributed by atoms with E-state index in [9.17, 15) is 13.2 Å². The van der Waals surface area contributed by atoms with Gasteiger partial charge in [0.1, 0.15) is 11.6 Å². The minimum atomic E-state index is -0.760. The van der Waals surface area contributed by atoms with Crippen LogP contribution in [-0.2, 0) is 0 Å². The fraction of sp³-hybridized carbons (Fsp3) is 0.167.